The van der Waals surface area contributed by atoms with Crippen molar-refractivity contribution in [3.05, 3.63) is 34.9 Å². The maximum atomic E-state index is 11.3. The van der Waals surface area contributed by atoms with Gasteiger partial charge in [0, 0.05) is 17.8 Å². The van der Waals surface area contributed by atoms with E-state index in [4.69, 9.17) is 0 Å². The molecule has 3 nitrogen and oxygen atoms in total. The molecule has 19 heavy (non-hydrogen) atoms. The maximum absolute atomic E-state index is 11.3. The highest BCUT2D eigenvalue weighted by atomic mass is 16.4. The van der Waals surface area contributed by atoms with Gasteiger partial charge in [0.2, 0.25) is 0 Å². The van der Waals surface area contributed by atoms with Gasteiger partial charge in [-0.2, -0.15) is 0 Å². The quantitative estimate of drug-likeness (QED) is 0.880. The van der Waals surface area contributed by atoms with Gasteiger partial charge in [-0.3, -0.25) is 0 Å². The van der Waals surface area contributed by atoms with Crippen molar-refractivity contribution in [3.8, 4) is 0 Å². The summed E-state index contributed by atoms with van der Waals surface area (Å²) in [5, 5.41) is 9.25. The lowest BCUT2D eigenvalue weighted by atomic mass is 9.87. The molecule has 0 aromatic heterocycles. The molecule has 1 heterocycles. The molecule has 0 unspecified atom stereocenters. The fraction of sp³-hybridized carbons (Fsp3) is 0.438. The van der Waals surface area contributed by atoms with Crippen molar-refractivity contribution in [2.24, 2.45) is 0 Å². The molecule has 3 heteroatoms. The summed E-state index contributed by atoms with van der Waals surface area (Å²) in [4.78, 5) is 13.6. The molecular weight excluding hydrogens is 238 g/mol. The van der Waals surface area contributed by atoms with E-state index in [1.807, 2.05) is 13.0 Å². The Labute approximate surface area is 114 Å². The van der Waals surface area contributed by atoms with Crippen LogP contribution in [0.5, 0.6) is 0 Å². The molecule has 1 aliphatic heterocycles. The summed E-state index contributed by atoms with van der Waals surface area (Å²) in [6.07, 6.45) is 2.21. The number of rotatable bonds is 2. The van der Waals surface area contributed by atoms with E-state index in [-0.39, 0.29) is 5.54 Å². The van der Waals surface area contributed by atoms with Gasteiger partial charge in [0.25, 0.3) is 0 Å². The summed E-state index contributed by atoms with van der Waals surface area (Å²) in [7, 11) is 0. The molecule has 1 aromatic carbocycles. The van der Waals surface area contributed by atoms with Gasteiger partial charge in [0.15, 0.2) is 0 Å². The zero-order valence-corrected chi connectivity index (χ0v) is 12.2. The molecule has 0 saturated carbocycles. The average molecular weight is 259 g/mol. The first-order chi connectivity index (χ1) is 8.77. The van der Waals surface area contributed by atoms with E-state index in [0.717, 1.165) is 28.9 Å². The summed E-state index contributed by atoms with van der Waals surface area (Å²) in [6, 6.07) is 3.80. The Balaban J connectivity index is 2.70. The molecule has 1 aromatic rings. The van der Waals surface area contributed by atoms with E-state index in [1.54, 1.807) is 6.07 Å². The number of aromatic carboxylic acids is 1. The lowest BCUT2D eigenvalue weighted by Crippen LogP contribution is -2.45. The monoisotopic (exact) mass is 259 g/mol. The SMILES string of the molecule is CCN1c2cc(C)c(C(=O)O)cc2C(C)=CC1(C)C. The first-order valence-corrected chi connectivity index (χ1v) is 6.63. The highest BCUT2D eigenvalue weighted by Crippen LogP contribution is 2.39. The van der Waals surface area contributed by atoms with Crippen LogP contribution in [0.15, 0.2) is 18.2 Å². The number of carbonyl (C=O) groups is 1. The predicted octanol–water partition coefficient (Wildman–Crippen LogP) is 3.72. The van der Waals surface area contributed by atoms with E-state index < -0.39 is 5.97 Å². The molecule has 0 amide bonds. The minimum Gasteiger partial charge on any atom is -0.478 e. The third-order valence-electron chi connectivity index (χ3n) is 3.87. The molecule has 2 rings (SSSR count). The molecule has 1 N–H and O–H groups in total. The molecule has 0 saturated heterocycles. The second-order valence-electron chi connectivity index (χ2n) is 5.71. The molecular formula is C16H21NO2. The second-order valence-corrected chi connectivity index (χ2v) is 5.71. The van der Waals surface area contributed by atoms with E-state index in [2.05, 4.69) is 38.7 Å². The van der Waals surface area contributed by atoms with Crippen LogP contribution in [0, 0.1) is 6.92 Å². The number of likely N-dealkylation sites (N-methyl/N-ethyl adjacent to an activating group) is 1. The van der Waals surface area contributed by atoms with Gasteiger partial charge in [-0.05, 0) is 57.9 Å². The van der Waals surface area contributed by atoms with Crippen LogP contribution in [0.25, 0.3) is 5.57 Å². The van der Waals surface area contributed by atoms with Crippen molar-refractivity contribution in [1.29, 1.82) is 0 Å². The Morgan fingerprint density at radius 3 is 2.47 bits per heavy atom. The Bertz CT molecular complexity index is 570. The third kappa shape index (κ3) is 2.14. The fourth-order valence-electron chi connectivity index (χ4n) is 3.04. The zero-order valence-electron chi connectivity index (χ0n) is 12.2. The molecule has 0 aliphatic carbocycles. The predicted molar refractivity (Wildman–Crippen MR) is 78.9 cm³/mol. The molecule has 1 aliphatic rings. The number of carboxylic acids is 1. The van der Waals surface area contributed by atoms with Crippen molar-refractivity contribution in [1.82, 2.24) is 0 Å². The van der Waals surface area contributed by atoms with Gasteiger partial charge in [0.05, 0.1) is 11.1 Å². The zero-order chi connectivity index (χ0) is 14.4. The topological polar surface area (TPSA) is 40.5 Å². The Morgan fingerprint density at radius 1 is 1.32 bits per heavy atom. The molecule has 0 atom stereocenters. The van der Waals surface area contributed by atoms with Crippen molar-refractivity contribution < 1.29 is 9.90 Å². The summed E-state index contributed by atoms with van der Waals surface area (Å²) in [5.74, 6) is -0.860. The van der Waals surface area contributed by atoms with Crippen LogP contribution >= 0.6 is 0 Å². The number of benzene rings is 1. The summed E-state index contributed by atoms with van der Waals surface area (Å²) in [6.45, 7) is 11.3. The number of carboxylic acid groups (broad SMARTS) is 1. The maximum Gasteiger partial charge on any atom is 0.335 e. The summed E-state index contributed by atoms with van der Waals surface area (Å²) >= 11 is 0. The van der Waals surface area contributed by atoms with Crippen LogP contribution < -0.4 is 4.90 Å². The van der Waals surface area contributed by atoms with Crippen LogP contribution in [0.2, 0.25) is 0 Å². The van der Waals surface area contributed by atoms with E-state index in [1.165, 1.54) is 0 Å². The first kappa shape index (κ1) is 13.7. The lowest BCUT2D eigenvalue weighted by Gasteiger charge is -2.43. The van der Waals surface area contributed by atoms with Crippen LogP contribution in [-0.4, -0.2) is 23.2 Å². The van der Waals surface area contributed by atoms with Crippen molar-refractivity contribution >= 4 is 17.2 Å². The smallest absolute Gasteiger partial charge is 0.335 e. The number of anilines is 1. The second kappa shape index (κ2) is 4.41. The molecule has 0 bridgehead atoms. The van der Waals surface area contributed by atoms with Crippen molar-refractivity contribution in [3.63, 3.8) is 0 Å². The number of nitrogens with zero attached hydrogens (tertiary/aromatic N) is 1. The molecule has 102 valence electrons. The lowest BCUT2D eigenvalue weighted by molar-refractivity contribution is 0.0696. The van der Waals surface area contributed by atoms with Crippen molar-refractivity contribution in [2.75, 3.05) is 11.4 Å². The highest BCUT2D eigenvalue weighted by molar-refractivity contribution is 5.93. The largest absolute Gasteiger partial charge is 0.478 e. The minimum atomic E-state index is -0.860. The third-order valence-corrected chi connectivity index (χ3v) is 3.87. The van der Waals surface area contributed by atoms with E-state index in [0.29, 0.717) is 5.56 Å². The minimum absolute atomic E-state index is 0.0387. The van der Waals surface area contributed by atoms with Gasteiger partial charge in [-0.1, -0.05) is 6.08 Å². The normalized spacial score (nSPS) is 16.9. The van der Waals surface area contributed by atoms with Crippen LogP contribution in [0.3, 0.4) is 0 Å². The van der Waals surface area contributed by atoms with E-state index >= 15 is 0 Å². The van der Waals surface area contributed by atoms with Crippen molar-refractivity contribution in [2.45, 2.75) is 40.2 Å². The number of allylic oxidation sites excluding steroid dienone is 1. The van der Waals surface area contributed by atoms with Crippen LogP contribution in [-0.2, 0) is 0 Å². The standard InChI is InChI=1S/C16H21NO2/c1-6-17-14-7-10(2)13(15(18)19)8-12(14)11(3)9-16(17,4)5/h7-9H,6H2,1-5H3,(H,18,19). The van der Waals surface area contributed by atoms with Crippen LogP contribution in [0.4, 0.5) is 5.69 Å². The van der Waals surface area contributed by atoms with Gasteiger partial charge in [-0.15, -0.1) is 0 Å². The summed E-state index contributed by atoms with van der Waals surface area (Å²) in [5.41, 5.74) is 4.48. The van der Waals surface area contributed by atoms with E-state index in [9.17, 15) is 9.90 Å². The molecule has 0 spiro atoms. The van der Waals surface area contributed by atoms with Gasteiger partial charge in [0.1, 0.15) is 0 Å². The van der Waals surface area contributed by atoms with Gasteiger partial charge in [-0.25, -0.2) is 4.79 Å². The number of aryl methyl sites for hydroxylation is 1. The number of fused-ring (bicyclic) bond motifs is 1. The molecule has 0 fully saturated rings. The Morgan fingerprint density at radius 2 is 1.95 bits per heavy atom. The number of hydrogen-bond donors (Lipinski definition) is 1. The van der Waals surface area contributed by atoms with Gasteiger partial charge < -0.3 is 10.0 Å². The fourth-order valence-corrected chi connectivity index (χ4v) is 3.04. The Hall–Kier alpha value is -1.77. The van der Waals surface area contributed by atoms with Crippen LogP contribution in [0.1, 0.15) is 49.2 Å². The highest BCUT2D eigenvalue weighted by Gasteiger charge is 2.31. The Kier molecular flexibility index (Phi) is 3.17. The summed E-state index contributed by atoms with van der Waals surface area (Å²) < 4.78 is 0. The first-order valence-electron chi connectivity index (χ1n) is 6.63. The van der Waals surface area contributed by atoms with Gasteiger partial charge >= 0.3 is 5.97 Å². The molecule has 0 radical (unpaired) electrons. The number of hydrogen-bond acceptors (Lipinski definition) is 2. The average Bonchev–Trinajstić information content (AvgIpc) is 2.26.